The molecule has 0 fully saturated rings. The minimum absolute atomic E-state index is 0.220. The average molecular weight is 171 g/mol. The third kappa shape index (κ3) is 1.54. The first-order valence-electron chi connectivity index (χ1n) is 3.50. The molecule has 0 heterocycles. The van der Waals surface area contributed by atoms with Gasteiger partial charge in [-0.3, -0.25) is 0 Å². The normalized spacial score (nSPS) is 12.9. The first-order chi connectivity index (χ1) is 5.66. The van der Waals surface area contributed by atoms with Crippen molar-refractivity contribution in [1.82, 2.24) is 0 Å². The van der Waals surface area contributed by atoms with E-state index in [9.17, 15) is 4.39 Å². The van der Waals surface area contributed by atoms with Gasteiger partial charge in [0, 0.05) is 5.56 Å². The van der Waals surface area contributed by atoms with E-state index in [2.05, 4.69) is 0 Å². The van der Waals surface area contributed by atoms with Crippen molar-refractivity contribution in [2.45, 2.75) is 6.04 Å². The molecule has 0 spiro atoms. The zero-order chi connectivity index (χ0) is 9.14. The number of nitrogens with two attached hydrogens (primary N) is 1. The number of phenolic OH excluding ortho intramolecular Hbond substituents is 1. The molecule has 0 amide bonds. The molecule has 1 aromatic rings. The van der Waals surface area contributed by atoms with Crippen molar-refractivity contribution in [1.29, 1.82) is 0 Å². The van der Waals surface area contributed by atoms with E-state index in [1.807, 2.05) is 0 Å². The summed E-state index contributed by atoms with van der Waals surface area (Å²) in [6.07, 6.45) is 0. The maximum atomic E-state index is 12.7. The predicted molar refractivity (Wildman–Crippen MR) is 42.1 cm³/mol. The van der Waals surface area contributed by atoms with Crippen molar-refractivity contribution < 1.29 is 14.6 Å². The standard InChI is InChI=1S/C8H10FNO2/c9-6-3-1-2-5(8(6)12)7(10)4-11/h1-3,7,11-12H,4,10H2/t7-/m0/s1. The molecule has 0 aromatic heterocycles. The van der Waals surface area contributed by atoms with Crippen molar-refractivity contribution in [2.75, 3.05) is 6.61 Å². The highest BCUT2D eigenvalue weighted by atomic mass is 19.1. The Labute approximate surface area is 69.3 Å². The van der Waals surface area contributed by atoms with Gasteiger partial charge in [0.25, 0.3) is 0 Å². The van der Waals surface area contributed by atoms with E-state index in [0.717, 1.165) is 6.07 Å². The lowest BCUT2D eigenvalue weighted by molar-refractivity contribution is 0.264. The van der Waals surface area contributed by atoms with E-state index in [1.165, 1.54) is 12.1 Å². The highest BCUT2D eigenvalue weighted by molar-refractivity contribution is 5.35. The van der Waals surface area contributed by atoms with Gasteiger partial charge in [0.1, 0.15) is 0 Å². The molecule has 66 valence electrons. The van der Waals surface area contributed by atoms with Crippen LogP contribution in [0.2, 0.25) is 0 Å². The topological polar surface area (TPSA) is 66.5 Å². The molecule has 1 rings (SSSR count). The lowest BCUT2D eigenvalue weighted by Crippen LogP contribution is -2.14. The highest BCUT2D eigenvalue weighted by Gasteiger charge is 2.12. The van der Waals surface area contributed by atoms with Crippen LogP contribution in [0.3, 0.4) is 0 Å². The van der Waals surface area contributed by atoms with E-state index in [4.69, 9.17) is 15.9 Å². The SMILES string of the molecule is N[C@@H](CO)c1cccc(F)c1O. The van der Waals surface area contributed by atoms with Gasteiger partial charge in [-0.2, -0.15) is 0 Å². The van der Waals surface area contributed by atoms with Crippen LogP contribution in [0.15, 0.2) is 18.2 Å². The van der Waals surface area contributed by atoms with Crippen molar-refractivity contribution in [3.05, 3.63) is 29.6 Å². The van der Waals surface area contributed by atoms with Gasteiger partial charge in [-0.15, -0.1) is 0 Å². The molecule has 0 aliphatic heterocycles. The number of benzene rings is 1. The number of hydrogen-bond donors (Lipinski definition) is 3. The zero-order valence-electron chi connectivity index (χ0n) is 6.37. The lowest BCUT2D eigenvalue weighted by atomic mass is 10.1. The van der Waals surface area contributed by atoms with Crippen LogP contribution in [0.5, 0.6) is 5.75 Å². The summed E-state index contributed by atoms with van der Waals surface area (Å²) in [6, 6.07) is 3.29. The second kappa shape index (κ2) is 3.51. The Hall–Kier alpha value is -1.13. The van der Waals surface area contributed by atoms with Crippen LogP contribution < -0.4 is 5.73 Å². The Balaban J connectivity index is 3.07. The fourth-order valence-corrected chi connectivity index (χ4v) is 0.930. The van der Waals surface area contributed by atoms with E-state index < -0.39 is 17.6 Å². The minimum Gasteiger partial charge on any atom is -0.505 e. The first-order valence-corrected chi connectivity index (χ1v) is 3.50. The molecule has 0 saturated heterocycles. The Morgan fingerprint density at radius 2 is 2.17 bits per heavy atom. The number of phenols is 1. The fraction of sp³-hybridized carbons (Fsp3) is 0.250. The fourth-order valence-electron chi connectivity index (χ4n) is 0.930. The smallest absolute Gasteiger partial charge is 0.165 e. The van der Waals surface area contributed by atoms with E-state index in [1.54, 1.807) is 0 Å². The molecule has 4 N–H and O–H groups in total. The van der Waals surface area contributed by atoms with Crippen LogP contribution in [-0.2, 0) is 0 Å². The summed E-state index contributed by atoms with van der Waals surface area (Å²) in [5, 5.41) is 17.8. The van der Waals surface area contributed by atoms with Gasteiger partial charge in [-0.1, -0.05) is 12.1 Å². The van der Waals surface area contributed by atoms with Gasteiger partial charge in [0.05, 0.1) is 12.6 Å². The number of halogens is 1. The number of aliphatic hydroxyl groups is 1. The summed E-state index contributed by atoms with van der Waals surface area (Å²) >= 11 is 0. The third-order valence-corrected chi connectivity index (χ3v) is 1.61. The zero-order valence-corrected chi connectivity index (χ0v) is 6.37. The number of rotatable bonds is 2. The number of para-hydroxylation sites is 1. The lowest BCUT2D eigenvalue weighted by Gasteiger charge is -2.10. The van der Waals surface area contributed by atoms with E-state index >= 15 is 0 Å². The van der Waals surface area contributed by atoms with Crippen LogP contribution in [0, 0.1) is 5.82 Å². The largest absolute Gasteiger partial charge is 0.505 e. The van der Waals surface area contributed by atoms with Crippen LogP contribution in [-0.4, -0.2) is 16.8 Å². The maximum absolute atomic E-state index is 12.7. The van der Waals surface area contributed by atoms with Crippen LogP contribution >= 0.6 is 0 Å². The maximum Gasteiger partial charge on any atom is 0.165 e. The summed E-state index contributed by atoms with van der Waals surface area (Å²) in [5.74, 6) is -1.21. The van der Waals surface area contributed by atoms with Crippen molar-refractivity contribution >= 4 is 0 Å². The van der Waals surface area contributed by atoms with Crippen molar-refractivity contribution in [3.8, 4) is 5.75 Å². The molecule has 0 aliphatic carbocycles. The molecule has 3 nitrogen and oxygen atoms in total. The van der Waals surface area contributed by atoms with Gasteiger partial charge in [-0.25, -0.2) is 4.39 Å². The van der Waals surface area contributed by atoms with Gasteiger partial charge >= 0.3 is 0 Å². The second-order valence-electron chi connectivity index (χ2n) is 2.47. The van der Waals surface area contributed by atoms with Crippen molar-refractivity contribution in [3.63, 3.8) is 0 Å². The van der Waals surface area contributed by atoms with E-state index in [0.29, 0.717) is 0 Å². The minimum atomic E-state index is -0.735. The molecule has 0 unspecified atom stereocenters. The summed E-state index contributed by atoms with van der Waals surface area (Å²) in [6.45, 7) is -0.322. The summed E-state index contributed by atoms with van der Waals surface area (Å²) < 4.78 is 12.7. The number of aromatic hydroxyl groups is 1. The summed E-state index contributed by atoms with van der Waals surface area (Å²) in [5.41, 5.74) is 5.61. The molecule has 0 bridgehead atoms. The molecular weight excluding hydrogens is 161 g/mol. The molecule has 0 radical (unpaired) electrons. The van der Waals surface area contributed by atoms with Crippen molar-refractivity contribution in [2.24, 2.45) is 5.73 Å². The molecule has 0 saturated carbocycles. The number of aliphatic hydroxyl groups excluding tert-OH is 1. The molecular formula is C8H10FNO2. The quantitative estimate of drug-likeness (QED) is 0.607. The molecule has 0 aliphatic rings. The van der Waals surface area contributed by atoms with Gasteiger partial charge in [0.15, 0.2) is 11.6 Å². The monoisotopic (exact) mass is 171 g/mol. The van der Waals surface area contributed by atoms with Crippen LogP contribution in [0.1, 0.15) is 11.6 Å². The molecule has 1 atom stereocenters. The first kappa shape index (κ1) is 8.96. The van der Waals surface area contributed by atoms with Gasteiger partial charge in [-0.05, 0) is 6.07 Å². The predicted octanol–water partition coefficient (Wildman–Crippen LogP) is 0.523. The molecule has 12 heavy (non-hydrogen) atoms. The summed E-state index contributed by atoms with van der Waals surface area (Å²) in [4.78, 5) is 0. The second-order valence-corrected chi connectivity index (χ2v) is 2.47. The highest BCUT2D eigenvalue weighted by Crippen LogP contribution is 2.24. The summed E-state index contributed by atoms with van der Waals surface area (Å²) in [7, 11) is 0. The third-order valence-electron chi connectivity index (χ3n) is 1.61. The Bertz CT molecular complexity index is 278. The van der Waals surface area contributed by atoms with Crippen LogP contribution in [0.25, 0.3) is 0 Å². The van der Waals surface area contributed by atoms with Gasteiger partial charge < -0.3 is 15.9 Å². The molecule has 1 aromatic carbocycles. The van der Waals surface area contributed by atoms with Crippen LogP contribution in [0.4, 0.5) is 4.39 Å². The van der Waals surface area contributed by atoms with Gasteiger partial charge in [0.2, 0.25) is 0 Å². The average Bonchev–Trinajstić information content (AvgIpc) is 2.08. The Morgan fingerprint density at radius 1 is 1.50 bits per heavy atom. The Kier molecular flexibility index (Phi) is 2.62. The Morgan fingerprint density at radius 3 is 2.75 bits per heavy atom. The molecule has 4 heteroatoms. The number of hydrogen-bond acceptors (Lipinski definition) is 3. The van der Waals surface area contributed by atoms with E-state index in [-0.39, 0.29) is 12.2 Å².